The van der Waals surface area contributed by atoms with E-state index < -0.39 is 60.8 Å². The van der Waals surface area contributed by atoms with E-state index in [4.69, 9.17) is 0 Å². The van der Waals surface area contributed by atoms with Crippen LogP contribution in [-0.4, -0.2) is 60.8 Å². The molecule has 30 heavy (non-hydrogen) atoms. The molecule has 0 saturated carbocycles. The van der Waals surface area contributed by atoms with Crippen molar-refractivity contribution in [3.63, 3.8) is 0 Å². The second-order valence-corrected chi connectivity index (χ2v) is 9.20. The number of halogens is 20. The standard InChI is InChI=1S/C9HCl2F18Si/c10-30(11)9(28,29)8(26,27)7(24,25)6(22,23)5(20,21)4(18,19)3(16,17)2(14,15)1(12)13/h1H. The molecule has 0 nitrogen and oxygen atoms in total. The zero-order valence-electron chi connectivity index (χ0n) is 12.6. The van der Waals surface area contributed by atoms with Crippen molar-refractivity contribution in [1.82, 2.24) is 0 Å². The molecule has 0 rings (SSSR count). The van der Waals surface area contributed by atoms with Crippen molar-refractivity contribution in [1.29, 1.82) is 0 Å². The Morgan fingerprint density at radius 3 is 0.900 bits per heavy atom. The maximum atomic E-state index is 13.3. The lowest BCUT2D eigenvalue weighted by Gasteiger charge is -2.43. The first-order valence-electron chi connectivity index (χ1n) is 6.13. The largest absolute Gasteiger partial charge is 0.385 e. The van der Waals surface area contributed by atoms with Gasteiger partial charge in [-0.2, -0.15) is 61.5 Å². The van der Waals surface area contributed by atoms with E-state index >= 15 is 0 Å². The Hall–Kier alpha value is -0.463. The van der Waals surface area contributed by atoms with Gasteiger partial charge in [0.25, 0.3) is 0 Å². The van der Waals surface area contributed by atoms with E-state index in [1.807, 2.05) is 0 Å². The molecule has 0 aromatic heterocycles. The number of hydrogen-bond donors (Lipinski definition) is 0. The molecule has 0 amide bonds. The molecule has 0 N–H and O–H groups in total. The van der Waals surface area contributed by atoms with Crippen molar-refractivity contribution in [3.05, 3.63) is 0 Å². The summed E-state index contributed by atoms with van der Waals surface area (Å²) in [4.78, 5) is 0. The third kappa shape index (κ3) is 3.49. The Balaban J connectivity index is 6.82. The van der Waals surface area contributed by atoms with Gasteiger partial charge in [0, 0.05) is 0 Å². The van der Waals surface area contributed by atoms with E-state index in [0.717, 1.165) is 0 Å². The van der Waals surface area contributed by atoms with Crippen LogP contribution in [0.15, 0.2) is 0 Å². The highest BCUT2D eigenvalue weighted by Crippen LogP contribution is 2.64. The molecular weight excluding hydrogens is 549 g/mol. The lowest BCUT2D eigenvalue weighted by Crippen LogP contribution is -2.75. The Kier molecular flexibility index (Phi) is 7.43. The van der Waals surface area contributed by atoms with Crippen LogP contribution >= 0.6 is 22.2 Å². The van der Waals surface area contributed by atoms with Gasteiger partial charge >= 0.3 is 60.8 Å². The maximum Gasteiger partial charge on any atom is 0.385 e. The number of hydrogen-bond acceptors (Lipinski definition) is 0. The van der Waals surface area contributed by atoms with Gasteiger partial charge in [0.1, 0.15) is 0 Å². The highest BCUT2D eigenvalue weighted by Gasteiger charge is 2.95. The van der Waals surface area contributed by atoms with E-state index in [1.165, 1.54) is 0 Å². The van der Waals surface area contributed by atoms with Gasteiger partial charge < -0.3 is 0 Å². The van der Waals surface area contributed by atoms with Crippen LogP contribution in [0.5, 0.6) is 0 Å². The molecule has 0 spiro atoms. The Morgan fingerprint density at radius 1 is 0.433 bits per heavy atom. The molecule has 1 radical (unpaired) electrons. The summed E-state index contributed by atoms with van der Waals surface area (Å²) in [6.45, 7) is 0. The normalized spacial score (nSPS) is 16.6. The molecule has 0 aliphatic carbocycles. The molecule has 21 heteroatoms. The second-order valence-electron chi connectivity index (χ2n) is 5.20. The average molecular weight is 550 g/mol. The predicted octanol–water partition coefficient (Wildman–Crippen LogP) is 6.84. The van der Waals surface area contributed by atoms with Gasteiger partial charge in [-0.05, 0) is 0 Å². The van der Waals surface area contributed by atoms with Crippen LogP contribution in [0.4, 0.5) is 79.0 Å². The van der Waals surface area contributed by atoms with Crippen LogP contribution in [0.3, 0.4) is 0 Å². The van der Waals surface area contributed by atoms with E-state index in [0.29, 0.717) is 0 Å². The SMILES string of the molecule is FC(F)C(F)(F)C(F)(F)C(F)(F)C(F)(F)C(F)(F)C(F)(F)C(F)(F)C(F)(F)[Si](Cl)Cl. The van der Waals surface area contributed by atoms with Crippen LogP contribution < -0.4 is 0 Å². The third-order valence-corrected chi connectivity index (χ3v) is 5.51. The van der Waals surface area contributed by atoms with Gasteiger partial charge in [-0.1, -0.05) is 0 Å². The van der Waals surface area contributed by atoms with Crippen LogP contribution in [-0.2, 0) is 0 Å². The summed E-state index contributed by atoms with van der Waals surface area (Å²) in [7, 11) is -5.20. The van der Waals surface area contributed by atoms with Gasteiger partial charge in [0.2, 0.25) is 0 Å². The van der Waals surface area contributed by atoms with Crippen molar-refractivity contribution in [2.75, 3.05) is 0 Å². The van der Waals surface area contributed by atoms with Gasteiger partial charge in [0.15, 0.2) is 0 Å². The first-order valence-corrected chi connectivity index (χ1v) is 9.65. The molecule has 181 valence electrons. The van der Waals surface area contributed by atoms with Crippen molar-refractivity contribution in [3.8, 4) is 0 Å². The molecule has 0 atom stereocenters. The van der Waals surface area contributed by atoms with Crippen molar-refractivity contribution in [2.24, 2.45) is 0 Å². The third-order valence-electron chi connectivity index (χ3n) is 3.30. The molecule has 0 aromatic rings. The average Bonchev–Trinajstić information content (AvgIpc) is 2.52. The minimum absolute atomic E-state index is 4.20. The van der Waals surface area contributed by atoms with Crippen LogP contribution in [0.25, 0.3) is 0 Å². The summed E-state index contributed by atoms with van der Waals surface area (Å²) in [6.07, 6.45) is -5.99. The van der Waals surface area contributed by atoms with E-state index in [1.54, 1.807) is 0 Å². The summed E-state index contributed by atoms with van der Waals surface area (Å²) >= 11 is 8.40. The Bertz CT molecular complexity index is 573. The molecule has 0 heterocycles. The summed E-state index contributed by atoms with van der Waals surface area (Å²) in [5.74, 6) is -58.3. The van der Waals surface area contributed by atoms with Crippen molar-refractivity contribution in [2.45, 2.75) is 53.4 Å². The van der Waals surface area contributed by atoms with Crippen molar-refractivity contribution >= 4 is 29.6 Å². The minimum atomic E-state index is -8.75. The molecule has 0 aliphatic rings. The highest BCUT2D eigenvalue weighted by molar-refractivity contribution is 7.34. The summed E-state index contributed by atoms with van der Waals surface area (Å²) in [5, 5.41) is 0. The molecular formula is C9HCl2F18Si. The van der Waals surface area contributed by atoms with Gasteiger partial charge in [0.05, 0.1) is 0 Å². The molecule has 0 saturated heterocycles. The summed E-state index contributed by atoms with van der Waals surface area (Å²) in [6, 6.07) is 0. The minimum Gasteiger partial charge on any atom is -0.203 e. The zero-order valence-corrected chi connectivity index (χ0v) is 15.1. The molecule has 0 bridgehead atoms. The molecule has 0 unspecified atom stereocenters. The predicted molar refractivity (Wildman–Crippen MR) is 63.0 cm³/mol. The fourth-order valence-corrected chi connectivity index (χ4v) is 2.56. The van der Waals surface area contributed by atoms with Gasteiger partial charge in [-0.3, -0.25) is 0 Å². The van der Waals surface area contributed by atoms with Crippen molar-refractivity contribution < 1.29 is 79.0 Å². The van der Waals surface area contributed by atoms with E-state index in [-0.39, 0.29) is 0 Å². The van der Waals surface area contributed by atoms with E-state index in [2.05, 4.69) is 22.2 Å². The van der Waals surface area contributed by atoms with Gasteiger partial charge in [-0.15, -0.1) is 22.2 Å². The second kappa shape index (κ2) is 7.55. The topological polar surface area (TPSA) is 0 Å². The Morgan fingerprint density at radius 2 is 0.667 bits per heavy atom. The summed E-state index contributed by atoms with van der Waals surface area (Å²) < 4.78 is 232. The smallest absolute Gasteiger partial charge is 0.203 e. The van der Waals surface area contributed by atoms with Gasteiger partial charge in [-0.25, -0.2) is 17.6 Å². The van der Waals surface area contributed by atoms with Crippen LogP contribution in [0, 0.1) is 0 Å². The molecule has 0 fully saturated rings. The molecule has 0 aliphatic heterocycles. The fourth-order valence-electron chi connectivity index (χ4n) is 1.45. The lowest BCUT2D eigenvalue weighted by atomic mass is 9.89. The first-order chi connectivity index (χ1) is 12.6. The lowest BCUT2D eigenvalue weighted by molar-refractivity contribution is -0.453. The fraction of sp³-hybridized carbons (Fsp3) is 1.00. The van der Waals surface area contributed by atoms with E-state index in [9.17, 15) is 79.0 Å². The maximum absolute atomic E-state index is 13.3. The first kappa shape index (κ1) is 29.5. The van der Waals surface area contributed by atoms with Crippen LogP contribution in [0.1, 0.15) is 0 Å². The molecule has 0 aromatic carbocycles. The zero-order chi connectivity index (χ0) is 25.2. The number of alkyl halides is 18. The number of rotatable bonds is 9. The quantitative estimate of drug-likeness (QED) is 0.168. The van der Waals surface area contributed by atoms with Crippen LogP contribution in [0.2, 0.25) is 0 Å². The monoisotopic (exact) mass is 549 g/mol. The Labute approximate surface area is 163 Å². The highest BCUT2D eigenvalue weighted by atomic mass is 35.7. The summed E-state index contributed by atoms with van der Waals surface area (Å²) in [5.41, 5.74) is -6.73.